The number of carbonyl (C=O) groups is 1. The minimum Gasteiger partial charge on any atom is -0.463 e. The van der Waals surface area contributed by atoms with Crippen LogP contribution in [-0.4, -0.2) is 32.5 Å². The van der Waals surface area contributed by atoms with Gasteiger partial charge in [-0.05, 0) is 26.0 Å². The number of carbonyl (C=O) groups excluding carboxylic acids is 1. The highest BCUT2D eigenvalue weighted by Crippen LogP contribution is 2.23. The largest absolute Gasteiger partial charge is 0.463 e. The van der Waals surface area contributed by atoms with Gasteiger partial charge in [-0.15, -0.1) is 4.40 Å². The van der Waals surface area contributed by atoms with Gasteiger partial charge in [-0.25, -0.2) is 0 Å². The molecule has 9 nitrogen and oxygen atoms in total. The first kappa shape index (κ1) is 19.3. The number of primary amides is 1. The molecule has 1 aromatic rings. The number of sulfonamides is 1. The number of nitrogens with zero attached hydrogens (tertiary/aromatic N) is 1. The van der Waals surface area contributed by atoms with Crippen LogP contribution in [0.4, 0.5) is 0 Å². The van der Waals surface area contributed by atoms with Gasteiger partial charge >= 0.3 is 0 Å². The van der Waals surface area contributed by atoms with E-state index in [2.05, 4.69) is 9.71 Å². The van der Waals surface area contributed by atoms with Crippen molar-refractivity contribution in [2.24, 2.45) is 21.6 Å². The summed E-state index contributed by atoms with van der Waals surface area (Å²) in [4.78, 5) is 10.7. The Morgan fingerprint density at radius 3 is 2.64 bits per heavy atom. The SMILES string of the molecule is CC(C)(N)c1ccc(CSCCNC2=C(C(N)=O)S(=O)(=O)N=C2N)o1. The molecule has 0 aliphatic carbocycles. The lowest BCUT2D eigenvalue weighted by Crippen LogP contribution is -2.30. The Balaban J connectivity index is 1.87. The van der Waals surface area contributed by atoms with Gasteiger partial charge in [-0.1, -0.05) is 0 Å². The minimum atomic E-state index is -4.11. The average molecular weight is 387 g/mol. The number of hydrogen-bond acceptors (Lipinski definition) is 8. The summed E-state index contributed by atoms with van der Waals surface area (Å²) in [6.07, 6.45) is 0. The lowest BCUT2D eigenvalue weighted by atomic mass is 10.0. The third-order valence-corrected chi connectivity index (χ3v) is 5.61. The summed E-state index contributed by atoms with van der Waals surface area (Å²) in [6, 6.07) is 3.71. The van der Waals surface area contributed by atoms with Crippen LogP contribution in [0.25, 0.3) is 0 Å². The fraction of sp³-hybridized carbons (Fsp3) is 0.429. The van der Waals surface area contributed by atoms with E-state index in [0.29, 0.717) is 23.8 Å². The normalized spacial score (nSPS) is 16.8. The number of nitrogens with two attached hydrogens (primary N) is 3. The summed E-state index contributed by atoms with van der Waals surface area (Å²) >= 11 is 1.56. The second-order valence-corrected chi connectivity index (χ2v) is 8.63. The molecule has 138 valence electrons. The van der Waals surface area contributed by atoms with Crippen LogP contribution in [0.2, 0.25) is 0 Å². The molecular weight excluding hydrogens is 366 g/mol. The van der Waals surface area contributed by atoms with Crippen LogP contribution in [0, 0.1) is 0 Å². The molecule has 0 bridgehead atoms. The van der Waals surface area contributed by atoms with Crippen molar-refractivity contribution in [3.63, 3.8) is 0 Å². The average Bonchev–Trinajstić information content (AvgIpc) is 3.00. The Bertz CT molecular complexity index is 834. The lowest BCUT2D eigenvalue weighted by Gasteiger charge is -2.14. The van der Waals surface area contributed by atoms with Crippen LogP contribution in [0.1, 0.15) is 25.4 Å². The molecular formula is C14H21N5O4S2. The topological polar surface area (TPSA) is 167 Å². The van der Waals surface area contributed by atoms with Gasteiger partial charge in [0.25, 0.3) is 15.9 Å². The summed E-state index contributed by atoms with van der Waals surface area (Å²) in [5, 5.41) is 2.81. The van der Waals surface area contributed by atoms with Gasteiger partial charge in [0, 0.05) is 12.3 Å². The molecule has 0 fully saturated rings. The second kappa shape index (κ2) is 7.10. The number of nitrogens with one attached hydrogen (secondary N) is 1. The van der Waals surface area contributed by atoms with Crippen LogP contribution in [0.3, 0.4) is 0 Å². The van der Waals surface area contributed by atoms with Crippen LogP contribution < -0.4 is 22.5 Å². The molecule has 1 amide bonds. The van der Waals surface area contributed by atoms with Gasteiger partial charge in [0.15, 0.2) is 10.7 Å². The van der Waals surface area contributed by atoms with E-state index in [9.17, 15) is 13.2 Å². The zero-order chi connectivity index (χ0) is 18.8. The van der Waals surface area contributed by atoms with Gasteiger partial charge < -0.3 is 26.9 Å². The first-order chi connectivity index (χ1) is 11.5. The molecule has 0 aromatic carbocycles. The van der Waals surface area contributed by atoms with E-state index >= 15 is 0 Å². The zero-order valence-electron chi connectivity index (χ0n) is 13.9. The van der Waals surface area contributed by atoms with E-state index in [-0.39, 0.29) is 11.5 Å². The van der Waals surface area contributed by atoms with Crippen molar-refractivity contribution in [3.05, 3.63) is 34.3 Å². The number of amides is 1. The summed E-state index contributed by atoms with van der Waals surface area (Å²) in [7, 11) is -4.11. The Labute approximate surface area is 150 Å². The molecule has 0 radical (unpaired) electrons. The van der Waals surface area contributed by atoms with Crippen LogP contribution >= 0.6 is 11.8 Å². The molecule has 11 heteroatoms. The Morgan fingerprint density at radius 1 is 1.40 bits per heavy atom. The van der Waals surface area contributed by atoms with E-state index in [1.807, 2.05) is 26.0 Å². The van der Waals surface area contributed by atoms with Crippen molar-refractivity contribution in [1.29, 1.82) is 0 Å². The smallest absolute Gasteiger partial charge is 0.292 e. The maximum Gasteiger partial charge on any atom is 0.292 e. The first-order valence-corrected chi connectivity index (χ1v) is 9.96. The van der Waals surface area contributed by atoms with Crippen molar-refractivity contribution < 1.29 is 17.6 Å². The fourth-order valence-electron chi connectivity index (χ4n) is 2.11. The molecule has 2 rings (SSSR count). The maximum atomic E-state index is 11.7. The molecule has 0 atom stereocenters. The van der Waals surface area contributed by atoms with Crippen molar-refractivity contribution >= 4 is 33.5 Å². The summed E-state index contributed by atoms with van der Waals surface area (Å²) in [5.41, 5.74) is 16.0. The molecule has 2 heterocycles. The predicted octanol–water partition coefficient (Wildman–Crippen LogP) is -0.306. The highest BCUT2D eigenvalue weighted by molar-refractivity contribution is 7.98. The third kappa shape index (κ3) is 4.55. The van der Waals surface area contributed by atoms with E-state index in [1.54, 1.807) is 11.8 Å². The first-order valence-electron chi connectivity index (χ1n) is 7.37. The van der Waals surface area contributed by atoms with Crippen LogP contribution in [-0.2, 0) is 26.1 Å². The van der Waals surface area contributed by atoms with E-state index < -0.39 is 26.4 Å². The molecule has 25 heavy (non-hydrogen) atoms. The molecule has 0 saturated carbocycles. The Hall–Kier alpha value is -1.98. The summed E-state index contributed by atoms with van der Waals surface area (Å²) in [5.74, 6) is 1.39. The van der Waals surface area contributed by atoms with E-state index in [4.69, 9.17) is 21.6 Å². The van der Waals surface area contributed by atoms with Crippen LogP contribution in [0.5, 0.6) is 0 Å². The van der Waals surface area contributed by atoms with E-state index in [0.717, 1.165) is 5.76 Å². The van der Waals surface area contributed by atoms with E-state index in [1.165, 1.54) is 0 Å². The molecule has 1 aromatic heterocycles. The van der Waals surface area contributed by atoms with Gasteiger partial charge in [0.1, 0.15) is 17.2 Å². The fourth-order valence-corrected chi connectivity index (χ4v) is 3.99. The molecule has 7 N–H and O–H groups in total. The third-order valence-electron chi connectivity index (χ3n) is 3.27. The highest BCUT2D eigenvalue weighted by atomic mass is 32.2. The lowest BCUT2D eigenvalue weighted by molar-refractivity contribution is -0.114. The highest BCUT2D eigenvalue weighted by Gasteiger charge is 2.34. The van der Waals surface area contributed by atoms with Crippen LogP contribution in [0.15, 0.2) is 31.5 Å². The van der Waals surface area contributed by atoms with Gasteiger partial charge in [0.05, 0.1) is 11.3 Å². The molecule has 0 unspecified atom stereocenters. The molecule has 0 saturated heterocycles. The zero-order valence-corrected chi connectivity index (χ0v) is 15.5. The number of thioether (sulfide) groups is 1. The molecule has 0 spiro atoms. The number of furan rings is 1. The minimum absolute atomic E-state index is 0.0433. The van der Waals surface area contributed by atoms with Gasteiger partial charge in [-0.2, -0.15) is 20.2 Å². The van der Waals surface area contributed by atoms with Crippen molar-refractivity contribution in [2.75, 3.05) is 12.3 Å². The van der Waals surface area contributed by atoms with Crippen molar-refractivity contribution in [2.45, 2.75) is 25.1 Å². The quantitative estimate of drug-likeness (QED) is 0.441. The van der Waals surface area contributed by atoms with Gasteiger partial charge in [0.2, 0.25) is 0 Å². The van der Waals surface area contributed by atoms with Crippen molar-refractivity contribution in [1.82, 2.24) is 5.32 Å². The second-order valence-electron chi connectivity index (χ2n) is 5.99. The predicted molar refractivity (Wildman–Crippen MR) is 96.8 cm³/mol. The van der Waals surface area contributed by atoms with Crippen molar-refractivity contribution in [3.8, 4) is 0 Å². The Morgan fingerprint density at radius 2 is 2.08 bits per heavy atom. The number of amidine groups is 1. The monoisotopic (exact) mass is 387 g/mol. The molecule has 1 aliphatic rings. The number of hydrogen-bond donors (Lipinski definition) is 4. The summed E-state index contributed by atoms with van der Waals surface area (Å²) < 4.78 is 32.3. The number of rotatable bonds is 8. The van der Waals surface area contributed by atoms with Gasteiger partial charge in [-0.3, -0.25) is 4.79 Å². The standard InChI is InChI=1S/C14H21N5O4S2/c1-14(2,17)9-4-3-8(23-9)7-24-6-5-18-10-11(13(16)20)25(21,22)19-12(10)15/h3-4,18H,5-7,17H2,1-2H3,(H2,15,19)(H2,16,20). The Kier molecular flexibility index (Phi) is 5.49. The summed E-state index contributed by atoms with van der Waals surface area (Å²) in [6.45, 7) is 4.09. The maximum absolute atomic E-state index is 11.7. The molecule has 1 aliphatic heterocycles.